The van der Waals surface area contributed by atoms with Crippen LogP contribution in [0, 0.1) is 0 Å². The van der Waals surface area contributed by atoms with Crippen LogP contribution in [0.5, 0.6) is 0 Å². The molecule has 0 aliphatic rings. The minimum absolute atomic E-state index is 0.00995. The van der Waals surface area contributed by atoms with Crippen LogP contribution in [0.15, 0.2) is 47.2 Å². The monoisotopic (exact) mass is 288 g/mol. The first-order chi connectivity index (χ1) is 9.72. The number of nitrogens with two attached hydrogens (primary N) is 1. The first-order valence-electron chi connectivity index (χ1n) is 6.85. The molecule has 3 nitrogen and oxygen atoms in total. The first kappa shape index (κ1) is 14.8. The van der Waals surface area contributed by atoms with Crippen molar-refractivity contribution in [3.63, 3.8) is 0 Å². The van der Waals surface area contributed by atoms with E-state index in [2.05, 4.69) is 5.38 Å². The van der Waals surface area contributed by atoms with Gasteiger partial charge in [0.25, 0.3) is 0 Å². The summed E-state index contributed by atoms with van der Waals surface area (Å²) in [6, 6.07) is 11.3. The Kier molecular flexibility index (Phi) is 5.32. The van der Waals surface area contributed by atoms with E-state index in [1.165, 1.54) is 0 Å². The standard InChI is InChI=1S/C16H20N2OS/c1-2-6-15(17)16(19)18(11-13-9-10-20-12-13)14-7-4-3-5-8-14/h3-5,7-10,12,15H,2,6,11,17H2,1H3. The molecule has 106 valence electrons. The summed E-state index contributed by atoms with van der Waals surface area (Å²) in [6.07, 6.45) is 1.62. The molecule has 0 aliphatic heterocycles. The second-order valence-corrected chi connectivity index (χ2v) is 5.57. The molecule has 0 fully saturated rings. The van der Waals surface area contributed by atoms with Crippen LogP contribution in [-0.4, -0.2) is 11.9 Å². The highest BCUT2D eigenvalue weighted by atomic mass is 32.1. The van der Waals surface area contributed by atoms with Crippen LogP contribution in [-0.2, 0) is 11.3 Å². The summed E-state index contributed by atoms with van der Waals surface area (Å²) in [5, 5.41) is 4.09. The number of carbonyl (C=O) groups is 1. The van der Waals surface area contributed by atoms with Crippen molar-refractivity contribution in [3.8, 4) is 0 Å². The van der Waals surface area contributed by atoms with E-state index < -0.39 is 6.04 Å². The Bertz CT molecular complexity index is 525. The van der Waals surface area contributed by atoms with Gasteiger partial charge in [-0.3, -0.25) is 4.79 Å². The van der Waals surface area contributed by atoms with E-state index in [1.54, 1.807) is 16.2 Å². The molecule has 1 atom stereocenters. The third-order valence-corrected chi connectivity index (χ3v) is 3.90. The zero-order chi connectivity index (χ0) is 14.4. The van der Waals surface area contributed by atoms with Crippen molar-refractivity contribution in [1.82, 2.24) is 0 Å². The van der Waals surface area contributed by atoms with Crippen LogP contribution in [0.4, 0.5) is 5.69 Å². The molecular formula is C16H20N2OS. The van der Waals surface area contributed by atoms with E-state index in [-0.39, 0.29) is 5.91 Å². The van der Waals surface area contributed by atoms with Gasteiger partial charge in [-0.05, 0) is 40.9 Å². The number of hydrogen-bond donors (Lipinski definition) is 1. The zero-order valence-electron chi connectivity index (χ0n) is 11.7. The van der Waals surface area contributed by atoms with Crippen LogP contribution in [0.3, 0.4) is 0 Å². The lowest BCUT2D eigenvalue weighted by molar-refractivity contribution is -0.120. The molecule has 0 saturated heterocycles. The van der Waals surface area contributed by atoms with Crippen molar-refractivity contribution < 1.29 is 4.79 Å². The molecule has 4 heteroatoms. The maximum Gasteiger partial charge on any atom is 0.244 e. The quantitative estimate of drug-likeness (QED) is 0.885. The van der Waals surface area contributed by atoms with Crippen LogP contribution in [0.1, 0.15) is 25.3 Å². The minimum Gasteiger partial charge on any atom is -0.320 e. The average molecular weight is 288 g/mol. The van der Waals surface area contributed by atoms with Gasteiger partial charge in [-0.25, -0.2) is 0 Å². The average Bonchev–Trinajstić information content (AvgIpc) is 2.98. The van der Waals surface area contributed by atoms with Gasteiger partial charge in [-0.2, -0.15) is 11.3 Å². The molecular weight excluding hydrogens is 268 g/mol. The Hall–Kier alpha value is -1.65. The first-order valence-corrected chi connectivity index (χ1v) is 7.79. The number of rotatable bonds is 6. The molecule has 2 aromatic rings. The molecule has 1 aromatic carbocycles. The molecule has 20 heavy (non-hydrogen) atoms. The lowest BCUT2D eigenvalue weighted by Crippen LogP contribution is -2.43. The summed E-state index contributed by atoms with van der Waals surface area (Å²) in [4.78, 5) is 14.3. The number of para-hydroxylation sites is 1. The van der Waals surface area contributed by atoms with Crippen LogP contribution < -0.4 is 10.6 Å². The predicted molar refractivity (Wildman–Crippen MR) is 84.8 cm³/mol. The van der Waals surface area contributed by atoms with Gasteiger partial charge in [0.05, 0.1) is 12.6 Å². The molecule has 1 aromatic heterocycles. The molecule has 1 unspecified atom stereocenters. The fourth-order valence-electron chi connectivity index (χ4n) is 2.10. The van der Waals surface area contributed by atoms with Crippen LogP contribution >= 0.6 is 11.3 Å². The van der Waals surface area contributed by atoms with Gasteiger partial charge >= 0.3 is 0 Å². The van der Waals surface area contributed by atoms with Crippen molar-refractivity contribution in [2.24, 2.45) is 5.73 Å². The topological polar surface area (TPSA) is 46.3 Å². The van der Waals surface area contributed by atoms with E-state index in [4.69, 9.17) is 5.73 Å². The molecule has 0 saturated carbocycles. The summed E-state index contributed by atoms with van der Waals surface area (Å²) >= 11 is 1.64. The summed E-state index contributed by atoms with van der Waals surface area (Å²) < 4.78 is 0. The zero-order valence-corrected chi connectivity index (χ0v) is 12.5. The molecule has 2 N–H and O–H groups in total. The molecule has 2 rings (SSSR count). The number of benzene rings is 1. The van der Waals surface area contributed by atoms with Gasteiger partial charge in [-0.1, -0.05) is 31.5 Å². The third kappa shape index (κ3) is 3.68. The van der Waals surface area contributed by atoms with Gasteiger partial charge in [0.15, 0.2) is 0 Å². The van der Waals surface area contributed by atoms with E-state index in [0.29, 0.717) is 13.0 Å². The lowest BCUT2D eigenvalue weighted by atomic mass is 10.1. The normalized spacial score (nSPS) is 12.1. The molecule has 0 aliphatic carbocycles. The van der Waals surface area contributed by atoms with E-state index >= 15 is 0 Å². The molecule has 1 heterocycles. The van der Waals surface area contributed by atoms with Gasteiger partial charge in [0, 0.05) is 5.69 Å². The Balaban J connectivity index is 2.22. The number of thiophene rings is 1. The molecule has 0 spiro atoms. The summed E-state index contributed by atoms with van der Waals surface area (Å²) in [5.74, 6) is -0.00995. The van der Waals surface area contributed by atoms with Crippen molar-refractivity contribution in [1.29, 1.82) is 0 Å². The van der Waals surface area contributed by atoms with E-state index in [0.717, 1.165) is 17.7 Å². The Morgan fingerprint density at radius 1 is 1.30 bits per heavy atom. The van der Waals surface area contributed by atoms with Gasteiger partial charge in [0.1, 0.15) is 0 Å². The minimum atomic E-state index is -0.432. The Morgan fingerprint density at radius 2 is 2.05 bits per heavy atom. The third-order valence-electron chi connectivity index (χ3n) is 3.17. The second kappa shape index (κ2) is 7.22. The molecule has 0 bridgehead atoms. The number of nitrogens with zero attached hydrogens (tertiary/aromatic N) is 1. The van der Waals surface area contributed by atoms with Crippen molar-refractivity contribution in [3.05, 3.63) is 52.7 Å². The van der Waals surface area contributed by atoms with Crippen LogP contribution in [0.2, 0.25) is 0 Å². The number of carbonyl (C=O) groups excluding carboxylic acids is 1. The summed E-state index contributed by atoms with van der Waals surface area (Å²) in [5.41, 5.74) is 8.04. The highest BCUT2D eigenvalue weighted by molar-refractivity contribution is 7.07. The van der Waals surface area contributed by atoms with Crippen molar-refractivity contribution in [2.75, 3.05) is 4.90 Å². The largest absolute Gasteiger partial charge is 0.320 e. The maximum absolute atomic E-state index is 12.6. The van der Waals surface area contributed by atoms with E-state index in [1.807, 2.05) is 48.7 Å². The highest BCUT2D eigenvalue weighted by Gasteiger charge is 2.22. The van der Waals surface area contributed by atoms with Crippen molar-refractivity contribution >= 4 is 22.9 Å². The lowest BCUT2D eigenvalue weighted by Gasteiger charge is -2.25. The maximum atomic E-state index is 12.6. The fourth-order valence-corrected chi connectivity index (χ4v) is 2.76. The fraction of sp³-hybridized carbons (Fsp3) is 0.312. The predicted octanol–water partition coefficient (Wildman–Crippen LogP) is 3.41. The molecule has 0 radical (unpaired) electrons. The Morgan fingerprint density at radius 3 is 2.65 bits per heavy atom. The number of amides is 1. The van der Waals surface area contributed by atoms with E-state index in [9.17, 15) is 4.79 Å². The summed E-state index contributed by atoms with van der Waals surface area (Å²) in [6.45, 7) is 2.61. The van der Waals surface area contributed by atoms with Gasteiger partial charge < -0.3 is 10.6 Å². The van der Waals surface area contributed by atoms with Gasteiger partial charge in [-0.15, -0.1) is 0 Å². The summed E-state index contributed by atoms with van der Waals surface area (Å²) in [7, 11) is 0. The van der Waals surface area contributed by atoms with Crippen LogP contribution in [0.25, 0.3) is 0 Å². The SMILES string of the molecule is CCCC(N)C(=O)N(Cc1ccsc1)c1ccccc1. The van der Waals surface area contributed by atoms with Gasteiger partial charge in [0.2, 0.25) is 5.91 Å². The second-order valence-electron chi connectivity index (χ2n) is 4.79. The highest BCUT2D eigenvalue weighted by Crippen LogP contribution is 2.19. The number of hydrogen-bond acceptors (Lipinski definition) is 3. The number of anilines is 1. The van der Waals surface area contributed by atoms with Crippen molar-refractivity contribution in [2.45, 2.75) is 32.4 Å². The Labute approximate surface area is 124 Å². The smallest absolute Gasteiger partial charge is 0.244 e. The molecule has 1 amide bonds.